The van der Waals surface area contributed by atoms with Crippen molar-refractivity contribution in [2.45, 2.75) is 37.5 Å². The number of rotatable bonds is 7. The van der Waals surface area contributed by atoms with Gasteiger partial charge in [-0.05, 0) is 55.5 Å². The van der Waals surface area contributed by atoms with Crippen molar-refractivity contribution in [3.8, 4) is 5.75 Å². The molecule has 1 saturated heterocycles. The number of pyridine rings is 1. The summed E-state index contributed by atoms with van der Waals surface area (Å²) in [5.74, 6) is 0.224. The Morgan fingerprint density at radius 2 is 1.92 bits per heavy atom. The third kappa shape index (κ3) is 5.39. The zero-order valence-electron chi connectivity index (χ0n) is 21.8. The number of carbonyl (C=O) groups is 1. The lowest BCUT2D eigenvalue weighted by atomic mass is 9.99. The van der Waals surface area contributed by atoms with Gasteiger partial charge in [0.1, 0.15) is 11.0 Å². The van der Waals surface area contributed by atoms with Crippen molar-refractivity contribution in [3.05, 3.63) is 83.2 Å². The van der Waals surface area contributed by atoms with Crippen LogP contribution in [0, 0.1) is 0 Å². The number of carbonyl (C=O) groups excluding carboxylic acids is 1. The number of allylic oxidation sites excluding steroid dienone is 3. The number of piperazine rings is 1. The molecule has 2 aromatic rings. The Balaban J connectivity index is 1.26. The highest BCUT2D eigenvalue weighted by atomic mass is 32.2. The normalized spacial score (nSPS) is 20.4. The number of sulfonamides is 1. The predicted octanol–water partition coefficient (Wildman–Crippen LogP) is 4.41. The minimum absolute atomic E-state index is 0.115. The Morgan fingerprint density at radius 1 is 1.11 bits per heavy atom. The first kappa shape index (κ1) is 26.2. The van der Waals surface area contributed by atoms with E-state index in [9.17, 15) is 13.2 Å². The highest BCUT2D eigenvalue weighted by Gasteiger charge is 2.32. The summed E-state index contributed by atoms with van der Waals surface area (Å²) in [6.07, 6.45) is 14.6. The lowest BCUT2D eigenvalue weighted by Gasteiger charge is -2.39. The number of benzene rings is 1. The van der Waals surface area contributed by atoms with Crippen molar-refractivity contribution < 1.29 is 17.9 Å². The molecule has 1 aromatic heterocycles. The van der Waals surface area contributed by atoms with Gasteiger partial charge in [0.25, 0.3) is 5.91 Å². The average molecular weight is 535 g/mol. The van der Waals surface area contributed by atoms with E-state index >= 15 is 0 Å². The summed E-state index contributed by atoms with van der Waals surface area (Å²) in [4.78, 5) is 22.0. The first-order valence-corrected chi connectivity index (χ1v) is 14.6. The van der Waals surface area contributed by atoms with Crippen LogP contribution in [0.2, 0.25) is 0 Å². The SMILES string of the molecule is COc1cc(NS(=O)(=O)C2CC=Cc3cccnc32)ccc1C(=O)N1CCN(C(C)C2=CCCC=C2)CC1. The van der Waals surface area contributed by atoms with E-state index in [-0.39, 0.29) is 5.91 Å². The lowest BCUT2D eigenvalue weighted by Crippen LogP contribution is -2.51. The fourth-order valence-electron chi connectivity index (χ4n) is 5.35. The maximum absolute atomic E-state index is 13.4. The summed E-state index contributed by atoms with van der Waals surface area (Å²) >= 11 is 0. The number of hydrogen-bond acceptors (Lipinski definition) is 6. The number of ether oxygens (including phenoxy) is 1. The van der Waals surface area contributed by atoms with Crippen LogP contribution in [0.4, 0.5) is 5.69 Å². The van der Waals surface area contributed by atoms with Gasteiger partial charge in [0, 0.05) is 44.5 Å². The topological polar surface area (TPSA) is 91.8 Å². The summed E-state index contributed by atoms with van der Waals surface area (Å²) in [5, 5.41) is -0.797. The molecule has 1 amide bonds. The highest BCUT2D eigenvalue weighted by molar-refractivity contribution is 7.93. The van der Waals surface area contributed by atoms with Gasteiger partial charge in [0.15, 0.2) is 0 Å². The van der Waals surface area contributed by atoms with Gasteiger partial charge in [0.2, 0.25) is 10.0 Å². The van der Waals surface area contributed by atoms with Crippen LogP contribution in [-0.2, 0) is 10.0 Å². The molecule has 0 radical (unpaired) electrons. The number of amides is 1. The molecule has 0 saturated carbocycles. The summed E-state index contributed by atoms with van der Waals surface area (Å²) < 4.78 is 34.7. The molecule has 2 aliphatic carbocycles. The van der Waals surface area contributed by atoms with Crippen LogP contribution in [0.15, 0.2) is 66.4 Å². The molecule has 1 aliphatic heterocycles. The molecule has 1 aromatic carbocycles. The van der Waals surface area contributed by atoms with E-state index in [4.69, 9.17) is 4.74 Å². The molecule has 38 heavy (non-hydrogen) atoms. The second-order valence-electron chi connectivity index (χ2n) is 9.85. The van der Waals surface area contributed by atoms with Crippen LogP contribution < -0.4 is 9.46 Å². The molecule has 9 heteroatoms. The fourth-order valence-corrected chi connectivity index (χ4v) is 6.80. The van der Waals surface area contributed by atoms with Crippen LogP contribution in [0.1, 0.15) is 53.1 Å². The molecule has 3 aliphatic rings. The average Bonchev–Trinajstić information content (AvgIpc) is 2.96. The van der Waals surface area contributed by atoms with Gasteiger partial charge >= 0.3 is 0 Å². The van der Waals surface area contributed by atoms with E-state index in [1.807, 2.05) is 23.1 Å². The van der Waals surface area contributed by atoms with Gasteiger partial charge in [-0.15, -0.1) is 0 Å². The van der Waals surface area contributed by atoms with E-state index < -0.39 is 15.3 Å². The van der Waals surface area contributed by atoms with Crippen molar-refractivity contribution >= 4 is 27.7 Å². The molecule has 8 nitrogen and oxygen atoms in total. The molecule has 5 rings (SSSR count). The zero-order chi connectivity index (χ0) is 26.7. The predicted molar refractivity (Wildman–Crippen MR) is 150 cm³/mol. The van der Waals surface area contributed by atoms with E-state index in [0.717, 1.165) is 31.5 Å². The monoisotopic (exact) mass is 534 g/mol. The Morgan fingerprint density at radius 3 is 2.66 bits per heavy atom. The van der Waals surface area contributed by atoms with Gasteiger partial charge in [-0.1, -0.05) is 36.4 Å². The third-order valence-corrected chi connectivity index (χ3v) is 9.23. The number of fused-ring (bicyclic) bond motifs is 1. The number of nitrogens with zero attached hydrogens (tertiary/aromatic N) is 3. The molecule has 200 valence electrons. The molecule has 1 fully saturated rings. The van der Waals surface area contributed by atoms with E-state index in [1.165, 1.54) is 12.7 Å². The van der Waals surface area contributed by atoms with Crippen LogP contribution in [0.5, 0.6) is 5.75 Å². The third-order valence-electron chi connectivity index (χ3n) is 7.55. The van der Waals surface area contributed by atoms with Crippen LogP contribution in [0.25, 0.3) is 6.08 Å². The van der Waals surface area contributed by atoms with Crippen molar-refractivity contribution in [3.63, 3.8) is 0 Å². The first-order valence-electron chi connectivity index (χ1n) is 13.1. The summed E-state index contributed by atoms with van der Waals surface area (Å²) in [6, 6.07) is 8.80. The van der Waals surface area contributed by atoms with Crippen molar-refractivity contribution in [1.29, 1.82) is 0 Å². The molecule has 2 atom stereocenters. The Kier molecular flexibility index (Phi) is 7.67. The number of hydrogen-bond donors (Lipinski definition) is 1. The Hall–Kier alpha value is -3.43. The second-order valence-corrected chi connectivity index (χ2v) is 11.7. The summed E-state index contributed by atoms with van der Waals surface area (Å²) in [6.45, 7) is 5.06. The smallest absolute Gasteiger partial charge is 0.257 e. The van der Waals surface area contributed by atoms with Crippen molar-refractivity contribution in [2.24, 2.45) is 0 Å². The lowest BCUT2D eigenvalue weighted by molar-refractivity contribution is 0.0604. The van der Waals surface area contributed by atoms with E-state index in [1.54, 1.807) is 30.5 Å². The second kappa shape index (κ2) is 11.1. The number of aromatic nitrogens is 1. The molecule has 2 unspecified atom stereocenters. The summed E-state index contributed by atoms with van der Waals surface area (Å²) in [7, 11) is -2.29. The van der Waals surface area contributed by atoms with Gasteiger partial charge in [-0.3, -0.25) is 19.4 Å². The van der Waals surface area contributed by atoms with Crippen LogP contribution >= 0.6 is 0 Å². The van der Waals surface area contributed by atoms with Gasteiger partial charge < -0.3 is 9.64 Å². The Bertz CT molecular complexity index is 1390. The largest absolute Gasteiger partial charge is 0.496 e. The Labute approximate surface area is 224 Å². The van der Waals surface area contributed by atoms with Gasteiger partial charge in [-0.2, -0.15) is 0 Å². The highest BCUT2D eigenvalue weighted by Crippen LogP contribution is 2.34. The molecule has 0 spiro atoms. The number of nitrogens with one attached hydrogen (secondary N) is 1. The zero-order valence-corrected chi connectivity index (χ0v) is 22.7. The first-order chi connectivity index (χ1) is 18.4. The molecule has 0 bridgehead atoms. The number of anilines is 1. The van der Waals surface area contributed by atoms with Crippen LogP contribution in [0.3, 0.4) is 0 Å². The standard InChI is InChI=1S/C29H34N4O4S/c1-21(22-8-4-3-5-9-22)32-16-18-33(19-17-32)29(34)25-14-13-24(20-26(25)37-2)31-38(35,36)27-12-6-10-23-11-7-15-30-28(23)27/h4,6-11,13-15,20-21,27,31H,3,5,12,16-19H2,1-2H3. The maximum Gasteiger partial charge on any atom is 0.257 e. The van der Waals surface area contributed by atoms with Crippen LogP contribution in [-0.4, -0.2) is 68.4 Å². The maximum atomic E-state index is 13.4. The van der Waals surface area contributed by atoms with E-state index in [0.29, 0.717) is 48.2 Å². The van der Waals surface area contributed by atoms with Crippen molar-refractivity contribution in [1.82, 2.24) is 14.8 Å². The quantitative estimate of drug-likeness (QED) is 0.566. The summed E-state index contributed by atoms with van der Waals surface area (Å²) in [5.41, 5.74) is 3.44. The van der Waals surface area contributed by atoms with Gasteiger partial charge in [-0.25, -0.2) is 8.42 Å². The minimum Gasteiger partial charge on any atom is -0.496 e. The number of methoxy groups -OCH3 is 1. The van der Waals surface area contributed by atoms with Gasteiger partial charge in [0.05, 0.1) is 24.1 Å². The molecular weight excluding hydrogens is 500 g/mol. The van der Waals surface area contributed by atoms with E-state index in [2.05, 4.69) is 39.8 Å². The fraction of sp³-hybridized carbons (Fsp3) is 0.379. The minimum atomic E-state index is -3.78. The molecule has 2 heterocycles. The molecule has 1 N–H and O–H groups in total. The van der Waals surface area contributed by atoms with Crippen molar-refractivity contribution in [2.75, 3.05) is 38.0 Å². The molecular formula is C29H34N4O4S.